The molecule has 1 N–H and O–H groups in total. The molecule has 5 nitrogen and oxygen atoms in total. The molecule has 2 aromatic carbocycles. The second-order valence-corrected chi connectivity index (χ2v) is 10.2. The second kappa shape index (κ2) is 10.1. The molecular weight excluding hydrogens is 410 g/mol. The summed E-state index contributed by atoms with van der Waals surface area (Å²) in [6.07, 6.45) is 2.18. The number of nitrogens with zero attached hydrogens (tertiary/aromatic N) is 2. The van der Waals surface area contributed by atoms with Crippen LogP contribution in [0.15, 0.2) is 42.5 Å². The molecule has 176 valence electrons. The Bertz CT molecular complexity index is 1010. The van der Waals surface area contributed by atoms with Crippen molar-refractivity contribution in [1.29, 1.82) is 0 Å². The SMILES string of the molecule is Cc1ccc(C)c(CN2CCC(CNC(=O)[C@@H](C(C)C)N3Cc4ccccc4C3=O)CC2)c1. The number of hydrogen-bond donors (Lipinski definition) is 1. The molecular formula is C28H37N3O2. The summed E-state index contributed by atoms with van der Waals surface area (Å²) in [5.74, 6) is 0.494. The number of hydrogen-bond acceptors (Lipinski definition) is 3. The summed E-state index contributed by atoms with van der Waals surface area (Å²) in [6.45, 7) is 12.7. The highest BCUT2D eigenvalue weighted by Gasteiger charge is 2.38. The highest BCUT2D eigenvalue weighted by Crippen LogP contribution is 2.27. The first-order valence-corrected chi connectivity index (χ1v) is 12.3. The fraction of sp³-hybridized carbons (Fsp3) is 0.500. The van der Waals surface area contributed by atoms with E-state index in [1.54, 1.807) is 4.90 Å². The van der Waals surface area contributed by atoms with Crippen molar-refractivity contribution in [3.05, 3.63) is 70.3 Å². The van der Waals surface area contributed by atoms with Gasteiger partial charge in [0.2, 0.25) is 5.91 Å². The third kappa shape index (κ3) is 5.30. The van der Waals surface area contributed by atoms with Gasteiger partial charge < -0.3 is 10.2 Å². The van der Waals surface area contributed by atoms with Crippen LogP contribution in [0.5, 0.6) is 0 Å². The lowest BCUT2D eigenvalue weighted by Gasteiger charge is -2.34. The van der Waals surface area contributed by atoms with E-state index >= 15 is 0 Å². The predicted octanol–water partition coefficient (Wildman–Crippen LogP) is 4.31. The normalized spacial score (nSPS) is 18.0. The molecule has 2 heterocycles. The Kier molecular flexibility index (Phi) is 7.18. The Morgan fingerprint density at radius 2 is 1.82 bits per heavy atom. The molecule has 0 spiro atoms. The quantitative estimate of drug-likeness (QED) is 0.688. The molecule has 2 aliphatic heterocycles. The average Bonchev–Trinajstić information content (AvgIpc) is 3.12. The lowest BCUT2D eigenvalue weighted by Crippen LogP contribution is -2.51. The topological polar surface area (TPSA) is 52.7 Å². The molecule has 4 rings (SSSR count). The molecule has 1 saturated heterocycles. The smallest absolute Gasteiger partial charge is 0.255 e. The van der Waals surface area contributed by atoms with E-state index in [0.29, 0.717) is 19.0 Å². The fourth-order valence-corrected chi connectivity index (χ4v) is 5.22. The number of likely N-dealkylation sites (tertiary alicyclic amines) is 1. The van der Waals surface area contributed by atoms with Crippen LogP contribution in [0, 0.1) is 25.7 Å². The molecule has 2 amide bonds. The molecule has 1 fully saturated rings. The van der Waals surface area contributed by atoms with Gasteiger partial charge in [-0.25, -0.2) is 0 Å². The van der Waals surface area contributed by atoms with Gasteiger partial charge in [0, 0.05) is 25.2 Å². The standard InChI is InChI=1S/C28H37N3O2/c1-19(2)26(31-18-23-7-5-6-8-25(23)28(31)33)27(32)29-16-22-11-13-30(14-12-22)17-24-15-20(3)9-10-21(24)4/h5-10,15,19,22,26H,11-14,16-18H2,1-4H3,(H,29,32)/t26-/m1/s1. The number of fused-ring (bicyclic) bond motifs is 1. The largest absolute Gasteiger partial charge is 0.354 e. The number of rotatable bonds is 7. The molecule has 33 heavy (non-hydrogen) atoms. The molecule has 0 aliphatic carbocycles. The van der Waals surface area contributed by atoms with Crippen LogP contribution in [0.3, 0.4) is 0 Å². The van der Waals surface area contributed by atoms with Gasteiger partial charge in [-0.2, -0.15) is 0 Å². The zero-order valence-corrected chi connectivity index (χ0v) is 20.4. The predicted molar refractivity (Wildman–Crippen MR) is 132 cm³/mol. The van der Waals surface area contributed by atoms with Crippen molar-refractivity contribution >= 4 is 11.8 Å². The van der Waals surface area contributed by atoms with Crippen molar-refractivity contribution < 1.29 is 9.59 Å². The van der Waals surface area contributed by atoms with Crippen molar-refractivity contribution in [2.75, 3.05) is 19.6 Å². The molecule has 0 saturated carbocycles. The molecule has 1 atom stereocenters. The summed E-state index contributed by atoms with van der Waals surface area (Å²) in [4.78, 5) is 30.4. The third-order valence-electron chi connectivity index (χ3n) is 7.26. The van der Waals surface area contributed by atoms with Gasteiger partial charge >= 0.3 is 0 Å². The molecule has 0 unspecified atom stereocenters. The Morgan fingerprint density at radius 3 is 2.52 bits per heavy atom. The molecule has 0 bridgehead atoms. The summed E-state index contributed by atoms with van der Waals surface area (Å²) >= 11 is 0. The van der Waals surface area contributed by atoms with Gasteiger partial charge in [0.25, 0.3) is 5.91 Å². The molecule has 2 aliphatic rings. The monoisotopic (exact) mass is 447 g/mol. The van der Waals surface area contributed by atoms with Crippen LogP contribution in [0.2, 0.25) is 0 Å². The summed E-state index contributed by atoms with van der Waals surface area (Å²) in [5.41, 5.74) is 5.82. The maximum absolute atomic E-state index is 13.2. The van der Waals surface area contributed by atoms with E-state index in [1.165, 1.54) is 16.7 Å². The first-order valence-electron chi connectivity index (χ1n) is 12.3. The van der Waals surface area contributed by atoms with Gasteiger partial charge in [-0.1, -0.05) is 55.8 Å². The maximum atomic E-state index is 13.2. The summed E-state index contributed by atoms with van der Waals surface area (Å²) < 4.78 is 0. The van der Waals surface area contributed by atoms with Crippen LogP contribution < -0.4 is 5.32 Å². The summed E-state index contributed by atoms with van der Waals surface area (Å²) in [6, 6.07) is 13.9. The lowest BCUT2D eigenvalue weighted by atomic mass is 9.95. The van der Waals surface area contributed by atoms with Crippen molar-refractivity contribution in [2.24, 2.45) is 11.8 Å². The summed E-state index contributed by atoms with van der Waals surface area (Å²) in [7, 11) is 0. The van der Waals surface area contributed by atoms with Gasteiger partial charge in [-0.3, -0.25) is 14.5 Å². The Morgan fingerprint density at radius 1 is 1.09 bits per heavy atom. The molecule has 0 radical (unpaired) electrons. The van der Waals surface area contributed by atoms with Gasteiger partial charge in [-0.05, 0) is 74.4 Å². The number of nitrogens with one attached hydrogen (secondary N) is 1. The van der Waals surface area contributed by atoms with Crippen molar-refractivity contribution in [3.8, 4) is 0 Å². The van der Waals surface area contributed by atoms with Crippen LogP contribution in [0.4, 0.5) is 0 Å². The minimum atomic E-state index is -0.436. The van der Waals surface area contributed by atoms with E-state index in [0.717, 1.165) is 43.6 Å². The van der Waals surface area contributed by atoms with Gasteiger partial charge in [0.05, 0.1) is 0 Å². The number of piperidine rings is 1. The van der Waals surface area contributed by atoms with Crippen LogP contribution in [0.25, 0.3) is 0 Å². The Labute approximate surface area is 198 Å². The number of benzene rings is 2. The van der Waals surface area contributed by atoms with Gasteiger partial charge in [0.1, 0.15) is 6.04 Å². The number of amides is 2. The Hall–Kier alpha value is -2.66. The minimum absolute atomic E-state index is 0.0241. The zero-order valence-electron chi connectivity index (χ0n) is 20.4. The average molecular weight is 448 g/mol. The number of carbonyl (C=O) groups excluding carboxylic acids is 2. The molecule has 5 heteroatoms. The van der Waals surface area contributed by atoms with Crippen molar-refractivity contribution in [3.63, 3.8) is 0 Å². The van der Waals surface area contributed by atoms with Gasteiger partial charge in [-0.15, -0.1) is 0 Å². The van der Waals surface area contributed by atoms with E-state index < -0.39 is 6.04 Å². The van der Waals surface area contributed by atoms with Crippen LogP contribution in [0.1, 0.15) is 59.3 Å². The minimum Gasteiger partial charge on any atom is -0.354 e. The maximum Gasteiger partial charge on any atom is 0.255 e. The lowest BCUT2D eigenvalue weighted by molar-refractivity contribution is -0.127. The van der Waals surface area contributed by atoms with E-state index in [1.807, 2.05) is 38.1 Å². The highest BCUT2D eigenvalue weighted by atomic mass is 16.2. The first-order chi connectivity index (χ1) is 15.8. The van der Waals surface area contributed by atoms with E-state index in [9.17, 15) is 9.59 Å². The summed E-state index contributed by atoms with van der Waals surface area (Å²) in [5, 5.41) is 3.19. The van der Waals surface area contributed by atoms with Crippen LogP contribution >= 0.6 is 0 Å². The van der Waals surface area contributed by atoms with Gasteiger partial charge in [0.15, 0.2) is 0 Å². The number of aryl methyl sites for hydroxylation is 2. The molecule has 0 aromatic heterocycles. The van der Waals surface area contributed by atoms with Crippen LogP contribution in [-0.2, 0) is 17.9 Å². The van der Waals surface area contributed by atoms with Crippen LogP contribution in [-0.4, -0.2) is 47.3 Å². The number of carbonyl (C=O) groups is 2. The fourth-order valence-electron chi connectivity index (χ4n) is 5.22. The Balaban J connectivity index is 1.29. The first kappa shape index (κ1) is 23.5. The third-order valence-corrected chi connectivity index (χ3v) is 7.26. The van der Waals surface area contributed by atoms with E-state index in [2.05, 4.69) is 42.3 Å². The van der Waals surface area contributed by atoms with Crippen molar-refractivity contribution in [2.45, 2.75) is 59.7 Å². The highest BCUT2D eigenvalue weighted by molar-refractivity contribution is 6.01. The molecule has 2 aromatic rings. The van der Waals surface area contributed by atoms with Crippen molar-refractivity contribution in [1.82, 2.24) is 15.1 Å². The zero-order chi connectivity index (χ0) is 23.5. The van der Waals surface area contributed by atoms with E-state index in [4.69, 9.17) is 0 Å². The van der Waals surface area contributed by atoms with E-state index in [-0.39, 0.29) is 17.7 Å². The second-order valence-electron chi connectivity index (χ2n) is 10.2.